The summed E-state index contributed by atoms with van der Waals surface area (Å²) in [5.41, 5.74) is 1.41. The number of hydrogen-bond donors (Lipinski definition) is 1. The normalized spacial score (nSPS) is 12.1. The van der Waals surface area contributed by atoms with Crippen molar-refractivity contribution in [2.75, 3.05) is 17.4 Å². The predicted molar refractivity (Wildman–Crippen MR) is 157 cm³/mol. The van der Waals surface area contributed by atoms with Gasteiger partial charge >= 0.3 is 0 Å². The molecule has 2 amide bonds. The van der Waals surface area contributed by atoms with E-state index in [0.717, 1.165) is 9.87 Å². The number of sulfonamides is 1. The highest BCUT2D eigenvalue weighted by Gasteiger charge is 2.33. The number of aryl methyl sites for hydroxylation is 1. The van der Waals surface area contributed by atoms with Gasteiger partial charge in [-0.1, -0.05) is 76.2 Å². The summed E-state index contributed by atoms with van der Waals surface area (Å²) in [6.07, 6.45) is 0. The molecule has 0 aliphatic carbocycles. The molecule has 0 bridgehead atoms. The van der Waals surface area contributed by atoms with Crippen LogP contribution >= 0.6 is 46.4 Å². The first-order chi connectivity index (χ1) is 18.4. The molecule has 208 valence electrons. The summed E-state index contributed by atoms with van der Waals surface area (Å²) in [5, 5.41) is 3.48. The van der Waals surface area contributed by atoms with Gasteiger partial charge in [0.2, 0.25) is 11.8 Å². The second kappa shape index (κ2) is 13.2. The van der Waals surface area contributed by atoms with E-state index >= 15 is 0 Å². The van der Waals surface area contributed by atoms with Crippen LogP contribution < -0.4 is 9.62 Å². The number of amides is 2. The molecule has 1 atom stereocenters. The lowest BCUT2D eigenvalue weighted by Crippen LogP contribution is -2.51. The second-order valence-electron chi connectivity index (χ2n) is 8.73. The summed E-state index contributed by atoms with van der Waals surface area (Å²) in [5.74, 6) is -1.07. The number of halogens is 4. The Balaban J connectivity index is 2.09. The van der Waals surface area contributed by atoms with Crippen LogP contribution in [0.2, 0.25) is 20.1 Å². The van der Waals surface area contributed by atoms with Crippen molar-refractivity contribution in [3.63, 3.8) is 0 Å². The monoisotopic (exact) mass is 629 g/mol. The van der Waals surface area contributed by atoms with Gasteiger partial charge in [-0.25, -0.2) is 8.42 Å². The van der Waals surface area contributed by atoms with E-state index in [4.69, 9.17) is 46.4 Å². The van der Waals surface area contributed by atoms with Crippen molar-refractivity contribution in [3.8, 4) is 0 Å². The van der Waals surface area contributed by atoms with Crippen molar-refractivity contribution in [3.05, 3.63) is 91.9 Å². The first-order valence-electron chi connectivity index (χ1n) is 11.9. The molecule has 0 saturated heterocycles. The number of benzene rings is 3. The molecule has 0 aliphatic heterocycles. The SMILES string of the molecule is CCNC(=O)C(C)N(Cc1ccc(Cl)cc1Cl)C(=O)CN(c1cccc(Cl)c1Cl)S(=O)(=O)c1ccc(C)cc1. The van der Waals surface area contributed by atoms with Crippen molar-refractivity contribution in [1.82, 2.24) is 10.2 Å². The Labute approximate surface area is 248 Å². The van der Waals surface area contributed by atoms with Gasteiger partial charge in [-0.2, -0.15) is 0 Å². The number of nitrogens with one attached hydrogen (secondary N) is 1. The van der Waals surface area contributed by atoms with Gasteiger partial charge in [0.15, 0.2) is 0 Å². The molecule has 0 saturated carbocycles. The lowest BCUT2D eigenvalue weighted by Gasteiger charge is -2.32. The van der Waals surface area contributed by atoms with E-state index in [1.807, 2.05) is 6.92 Å². The second-order valence-corrected chi connectivity index (χ2v) is 12.2. The van der Waals surface area contributed by atoms with Crippen LogP contribution in [-0.2, 0) is 26.2 Å². The average molecular weight is 631 g/mol. The maximum absolute atomic E-state index is 13.9. The van der Waals surface area contributed by atoms with E-state index in [2.05, 4.69) is 5.32 Å². The standard InChI is InChI=1S/C27H27Cl4N3O4S/c1-4-32-27(36)18(3)33(15-19-10-11-20(28)14-23(19)30)25(35)16-34(24-7-5-6-22(29)26(24)31)39(37,38)21-12-8-17(2)9-13-21/h5-14,18H,4,15-16H2,1-3H3,(H,32,36). The summed E-state index contributed by atoms with van der Waals surface area (Å²) in [6.45, 7) is 4.74. The highest BCUT2D eigenvalue weighted by Crippen LogP contribution is 2.35. The number of carbonyl (C=O) groups is 2. The third kappa shape index (κ3) is 7.38. The molecule has 12 heteroatoms. The van der Waals surface area contributed by atoms with Crippen LogP contribution in [0.4, 0.5) is 5.69 Å². The fourth-order valence-corrected chi connectivity index (χ4v) is 6.12. The minimum Gasteiger partial charge on any atom is -0.355 e. The zero-order valence-electron chi connectivity index (χ0n) is 21.4. The minimum absolute atomic E-state index is 0.0215. The highest BCUT2D eigenvalue weighted by molar-refractivity contribution is 7.92. The first kappa shape index (κ1) is 31.0. The van der Waals surface area contributed by atoms with Crippen LogP contribution in [0.15, 0.2) is 65.6 Å². The quantitative estimate of drug-likeness (QED) is 0.283. The Hall–Kier alpha value is -2.49. The summed E-state index contributed by atoms with van der Waals surface area (Å²) in [4.78, 5) is 27.9. The molecule has 1 N–H and O–H groups in total. The highest BCUT2D eigenvalue weighted by atomic mass is 35.5. The van der Waals surface area contributed by atoms with Crippen LogP contribution in [0.5, 0.6) is 0 Å². The fraction of sp³-hybridized carbons (Fsp3) is 0.259. The first-order valence-corrected chi connectivity index (χ1v) is 14.9. The van der Waals surface area contributed by atoms with Gasteiger partial charge < -0.3 is 10.2 Å². The van der Waals surface area contributed by atoms with Gasteiger partial charge in [0.05, 0.1) is 20.6 Å². The maximum Gasteiger partial charge on any atom is 0.264 e. The molecule has 7 nitrogen and oxygen atoms in total. The van der Waals surface area contributed by atoms with Crippen LogP contribution in [0.25, 0.3) is 0 Å². The van der Waals surface area contributed by atoms with E-state index < -0.39 is 34.4 Å². The molecule has 0 aliphatic rings. The van der Waals surface area contributed by atoms with E-state index in [1.54, 1.807) is 38.1 Å². The summed E-state index contributed by atoms with van der Waals surface area (Å²) in [7, 11) is -4.28. The summed E-state index contributed by atoms with van der Waals surface area (Å²) < 4.78 is 28.6. The van der Waals surface area contributed by atoms with Crippen molar-refractivity contribution < 1.29 is 18.0 Å². The molecule has 3 rings (SSSR count). The fourth-order valence-electron chi connectivity index (χ4n) is 3.77. The van der Waals surface area contributed by atoms with Gasteiger partial charge in [0.1, 0.15) is 12.6 Å². The summed E-state index contributed by atoms with van der Waals surface area (Å²) >= 11 is 25.0. The molecule has 0 aromatic heterocycles. The zero-order chi connectivity index (χ0) is 28.9. The van der Waals surface area contributed by atoms with Gasteiger partial charge in [0, 0.05) is 23.1 Å². The van der Waals surface area contributed by atoms with E-state index in [1.165, 1.54) is 41.3 Å². The van der Waals surface area contributed by atoms with Crippen molar-refractivity contribution in [1.29, 1.82) is 0 Å². The van der Waals surface area contributed by atoms with Gasteiger partial charge in [0.25, 0.3) is 10.0 Å². The Morgan fingerprint density at radius 2 is 1.62 bits per heavy atom. The minimum atomic E-state index is -4.28. The Morgan fingerprint density at radius 1 is 0.949 bits per heavy atom. The molecule has 39 heavy (non-hydrogen) atoms. The van der Waals surface area contributed by atoms with Crippen LogP contribution in [0.1, 0.15) is 25.0 Å². The number of nitrogens with zero attached hydrogens (tertiary/aromatic N) is 2. The van der Waals surface area contributed by atoms with Crippen LogP contribution in [0.3, 0.4) is 0 Å². The van der Waals surface area contributed by atoms with Crippen molar-refractivity contribution in [2.45, 2.75) is 38.3 Å². The van der Waals surface area contributed by atoms with Crippen LogP contribution in [-0.4, -0.2) is 44.3 Å². The molecule has 1 unspecified atom stereocenters. The molecule has 0 fully saturated rings. The van der Waals surface area contributed by atoms with E-state index in [9.17, 15) is 18.0 Å². The smallest absolute Gasteiger partial charge is 0.264 e. The Bertz CT molecular complexity index is 1470. The van der Waals surface area contributed by atoms with E-state index in [0.29, 0.717) is 22.2 Å². The number of carbonyl (C=O) groups excluding carboxylic acids is 2. The third-order valence-corrected chi connectivity index (χ3v) is 9.13. The average Bonchev–Trinajstić information content (AvgIpc) is 2.88. The molecule has 0 radical (unpaired) electrons. The number of anilines is 1. The molecule has 0 spiro atoms. The van der Waals surface area contributed by atoms with Gasteiger partial charge in [-0.15, -0.1) is 0 Å². The Kier molecular flexibility index (Phi) is 10.5. The van der Waals surface area contributed by atoms with Gasteiger partial charge in [-0.05, 0) is 62.7 Å². The van der Waals surface area contributed by atoms with Gasteiger partial charge in [-0.3, -0.25) is 13.9 Å². The third-order valence-electron chi connectivity index (χ3n) is 5.96. The lowest BCUT2D eigenvalue weighted by molar-refractivity contribution is -0.139. The molecule has 3 aromatic carbocycles. The van der Waals surface area contributed by atoms with Crippen LogP contribution in [0, 0.1) is 6.92 Å². The topological polar surface area (TPSA) is 86.8 Å². The molecule has 3 aromatic rings. The number of likely N-dealkylation sites (N-methyl/N-ethyl adjacent to an activating group) is 1. The lowest BCUT2D eigenvalue weighted by atomic mass is 10.1. The summed E-state index contributed by atoms with van der Waals surface area (Å²) in [6, 6.07) is 14.5. The molecule has 0 heterocycles. The number of rotatable bonds is 10. The largest absolute Gasteiger partial charge is 0.355 e. The predicted octanol–water partition coefficient (Wildman–Crippen LogP) is 6.36. The van der Waals surface area contributed by atoms with Crippen molar-refractivity contribution in [2.24, 2.45) is 0 Å². The van der Waals surface area contributed by atoms with Crippen molar-refractivity contribution >= 4 is 73.9 Å². The zero-order valence-corrected chi connectivity index (χ0v) is 25.3. The number of hydrogen-bond acceptors (Lipinski definition) is 4. The Morgan fingerprint density at radius 3 is 2.23 bits per heavy atom. The van der Waals surface area contributed by atoms with E-state index in [-0.39, 0.29) is 27.2 Å². The maximum atomic E-state index is 13.9. The molecular weight excluding hydrogens is 604 g/mol. The molecular formula is C27H27Cl4N3O4S.